The van der Waals surface area contributed by atoms with Crippen LogP contribution in [0.1, 0.15) is 32.1 Å². The van der Waals surface area contributed by atoms with E-state index in [1.165, 1.54) is 0 Å². The molecule has 0 spiro atoms. The van der Waals surface area contributed by atoms with Gasteiger partial charge in [0.1, 0.15) is 0 Å². The zero-order valence-electron chi connectivity index (χ0n) is 9.56. The Morgan fingerprint density at radius 3 is 2.75 bits per heavy atom. The topological polar surface area (TPSA) is 95.6 Å². The van der Waals surface area contributed by atoms with Gasteiger partial charge in [-0.15, -0.1) is 0 Å². The van der Waals surface area contributed by atoms with Crippen molar-refractivity contribution in [2.75, 3.05) is 13.2 Å². The molecule has 0 aromatic rings. The van der Waals surface area contributed by atoms with Crippen molar-refractivity contribution in [3.05, 3.63) is 0 Å². The van der Waals surface area contributed by atoms with Gasteiger partial charge in [0.05, 0.1) is 18.6 Å². The van der Waals surface area contributed by atoms with E-state index in [0.717, 1.165) is 32.1 Å². The van der Waals surface area contributed by atoms with E-state index in [2.05, 4.69) is 5.32 Å². The first-order valence-electron chi connectivity index (χ1n) is 5.97. The third-order valence-electron chi connectivity index (χ3n) is 3.13. The van der Waals surface area contributed by atoms with Crippen molar-refractivity contribution in [1.82, 2.24) is 5.32 Å². The summed E-state index contributed by atoms with van der Waals surface area (Å²) in [7, 11) is 0. The second-order valence-electron chi connectivity index (χ2n) is 4.49. The predicted octanol–water partition coefficient (Wildman–Crippen LogP) is -0.637. The summed E-state index contributed by atoms with van der Waals surface area (Å²) >= 11 is 0. The molecule has 0 aromatic carbocycles. The van der Waals surface area contributed by atoms with Gasteiger partial charge in [0.25, 0.3) is 0 Å². The van der Waals surface area contributed by atoms with E-state index in [0.29, 0.717) is 0 Å². The maximum absolute atomic E-state index is 11.8. The molecule has 1 amide bonds. The summed E-state index contributed by atoms with van der Waals surface area (Å²) in [6.07, 6.45) is 4.09. The minimum atomic E-state index is -0.883. The van der Waals surface area contributed by atoms with Crippen LogP contribution in [0.5, 0.6) is 0 Å². The van der Waals surface area contributed by atoms with Gasteiger partial charge in [0.15, 0.2) is 0 Å². The average molecular weight is 230 g/mol. The number of hydrogen-bond donors (Lipinski definition) is 4. The smallest absolute Gasteiger partial charge is 0.224 e. The van der Waals surface area contributed by atoms with Crippen LogP contribution >= 0.6 is 0 Å². The van der Waals surface area contributed by atoms with Gasteiger partial charge in [-0.2, -0.15) is 0 Å². The number of nitrogens with one attached hydrogen (secondary N) is 1. The lowest BCUT2D eigenvalue weighted by molar-refractivity contribution is -0.126. The molecule has 94 valence electrons. The predicted molar refractivity (Wildman–Crippen MR) is 60.7 cm³/mol. The first-order chi connectivity index (χ1) is 7.65. The van der Waals surface area contributed by atoms with Crippen LogP contribution in [-0.2, 0) is 4.79 Å². The lowest BCUT2D eigenvalue weighted by atomic mass is 9.94. The fourth-order valence-electron chi connectivity index (χ4n) is 2.08. The number of carbonyl (C=O) groups excluding carboxylic acids is 1. The zero-order valence-corrected chi connectivity index (χ0v) is 9.56. The number of aliphatic hydroxyl groups excluding tert-OH is 2. The fraction of sp³-hybridized carbons (Fsp3) is 0.909. The van der Waals surface area contributed by atoms with E-state index < -0.39 is 6.10 Å². The minimum absolute atomic E-state index is 0.0752. The molecular weight excluding hydrogens is 208 g/mol. The molecule has 5 N–H and O–H groups in total. The van der Waals surface area contributed by atoms with Crippen LogP contribution in [0.25, 0.3) is 0 Å². The molecule has 5 nitrogen and oxygen atoms in total. The van der Waals surface area contributed by atoms with E-state index in [4.69, 9.17) is 15.9 Å². The van der Waals surface area contributed by atoms with Gasteiger partial charge in [0.2, 0.25) is 5.91 Å². The number of aliphatic hydroxyl groups is 2. The largest absolute Gasteiger partial charge is 0.394 e. The Hall–Kier alpha value is -0.650. The van der Waals surface area contributed by atoms with Crippen molar-refractivity contribution in [3.63, 3.8) is 0 Å². The van der Waals surface area contributed by atoms with Gasteiger partial charge in [-0.1, -0.05) is 19.3 Å². The van der Waals surface area contributed by atoms with E-state index in [1.807, 2.05) is 0 Å². The molecule has 0 aliphatic heterocycles. The standard InChI is InChI=1S/C11H22N2O3/c12-10-5-3-1-2-4-9(10)11(16)13-6-8(15)7-14/h8-10,14-15H,1-7,12H2,(H,13,16). The Labute approximate surface area is 96.0 Å². The van der Waals surface area contributed by atoms with Crippen LogP contribution in [-0.4, -0.2) is 41.4 Å². The monoisotopic (exact) mass is 230 g/mol. The number of hydrogen-bond acceptors (Lipinski definition) is 4. The van der Waals surface area contributed by atoms with Gasteiger partial charge in [-0.05, 0) is 12.8 Å². The highest BCUT2D eigenvalue weighted by molar-refractivity contribution is 5.79. The van der Waals surface area contributed by atoms with Gasteiger partial charge >= 0.3 is 0 Å². The number of amides is 1. The Balaban J connectivity index is 2.38. The maximum atomic E-state index is 11.8. The second-order valence-corrected chi connectivity index (χ2v) is 4.49. The highest BCUT2D eigenvalue weighted by atomic mass is 16.3. The van der Waals surface area contributed by atoms with Crippen molar-refractivity contribution in [3.8, 4) is 0 Å². The van der Waals surface area contributed by atoms with Crippen LogP contribution in [0.4, 0.5) is 0 Å². The molecule has 1 saturated carbocycles. The molecule has 0 bridgehead atoms. The maximum Gasteiger partial charge on any atom is 0.224 e. The van der Waals surface area contributed by atoms with Crippen molar-refractivity contribution in [1.29, 1.82) is 0 Å². The second kappa shape index (κ2) is 6.83. The van der Waals surface area contributed by atoms with Crippen LogP contribution in [0, 0.1) is 5.92 Å². The molecule has 0 radical (unpaired) electrons. The highest BCUT2D eigenvalue weighted by Gasteiger charge is 2.26. The molecule has 1 aliphatic carbocycles. The Kier molecular flexibility index (Phi) is 5.73. The SMILES string of the molecule is NC1CCCCCC1C(=O)NCC(O)CO. The first kappa shape index (κ1) is 13.4. The summed E-state index contributed by atoms with van der Waals surface area (Å²) in [5, 5.41) is 20.4. The van der Waals surface area contributed by atoms with Crippen molar-refractivity contribution in [2.45, 2.75) is 44.2 Å². The molecule has 3 atom stereocenters. The lowest BCUT2D eigenvalue weighted by Gasteiger charge is -2.21. The van der Waals surface area contributed by atoms with Crippen molar-refractivity contribution >= 4 is 5.91 Å². The summed E-state index contributed by atoms with van der Waals surface area (Å²) in [4.78, 5) is 11.8. The summed E-state index contributed by atoms with van der Waals surface area (Å²) in [5.41, 5.74) is 5.95. The van der Waals surface area contributed by atoms with Gasteiger partial charge in [-0.25, -0.2) is 0 Å². The average Bonchev–Trinajstić information content (AvgIpc) is 2.50. The van der Waals surface area contributed by atoms with Crippen LogP contribution in [0.2, 0.25) is 0 Å². The Morgan fingerprint density at radius 1 is 1.38 bits per heavy atom. The molecule has 0 heterocycles. The molecule has 0 aromatic heterocycles. The number of carbonyl (C=O) groups is 1. The molecule has 1 rings (SSSR count). The quantitative estimate of drug-likeness (QED) is 0.483. The fourth-order valence-corrected chi connectivity index (χ4v) is 2.08. The van der Waals surface area contributed by atoms with E-state index >= 15 is 0 Å². The molecule has 0 saturated heterocycles. The lowest BCUT2D eigenvalue weighted by Crippen LogP contribution is -2.44. The summed E-state index contributed by atoms with van der Waals surface area (Å²) < 4.78 is 0. The molecule has 1 aliphatic rings. The molecule has 1 fully saturated rings. The zero-order chi connectivity index (χ0) is 12.0. The Bertz CT molecular complexity index is 223. The minimum Gasteiger partial charge on any atom is -0.394 e. The summed E-state index contributed by atoms with van der Waals surface area (Å²) in [5.74, 6) is -0.240. The molecular formula is C11H22N2O3. The van der Waals surface area contributed by atoms with Crippen molar-refractivity contribution < 1.29 is 15.0 Å². The van der Waals surface area contributed by atoms with E-state index in [-0.39, 0.29) is 31.0 Å². The molecule has 5 heteroatoms. The van der Waals surface area contributed by atoms with E-state index in [9.17, 15) is 4.79 Å². The molecule has 16 heavy (non-hydrogen) atoms. The van der Waals surface area contributed by atoms with Crippen LogP contribution < -0.4 is 11.1 Å². The van der Waals surface area contributed by atoms with Gasteiger partial charge in [0, 0.05) is 12.6 Å². The Morgan fingerprint density at radius 2 is 2.06 bits per heavy atom. The summed E-state index contributed by atoms with van der Waals surface area (Å²) in [6, 6.07) is -0.0752. The highest BCUT2D eigenvalue weighted by Crippen LogP contribution is 2.22. The summed E-state index contributed by atoms with van der Waals surface area (Å²) in [6.45, 7) is -0.241. The van der Waals surface area contributed by atoms with Gasteiger partial charge < -0.3 is 21.3 Å². The van der Waals surface area contributed by atoms with Crippen molar-refractivity contribution in [2.24, 2.45) is 11.7 Å². The van der Waals surface area contributed by atoms with Gasteiger partial charge in [-0.3, -0.25) is 4.79 Å². The first-order valence-corrected chi connectivity index (χ1v) is 5.97. The normalized spacial score (nSPS) is 28.2. The van der Waals surface area contributed by atoms with Crippen LogP contribution in [0.3, 0.4) is 0 Å². The number of nitrogens with two attached hydrogens (primary N) is 1. The third kappa shape index (κ3) is 4.08. The van der Waals surface area contributed by atoms with E-state index in [1.54, 1.807) is 0 Å². The number of rotatable bonds is 4. The van der Waals surface area contributed by atoms with Crippen LogP contribution in [0.15, 0.2) is 0 Å². The third-order valence-corrected chi connectivity index (χ3v) is 3.13. The molecule has 3 unspecified atom stereocenters.